The molecular formula is C19H19N3O5S. The van der Waals surface area contributed by atoms with Crippen LogP contribution in [0, 0.1) is 0 Å². The summed E-state index contributed by atoms with van der Waals surface area (Å²) in [5.74, 6) is -0.592. The summed E-state index contributed by atoms with van der Waals surface area (Å²) in [5, 5.41) is 2.63. The Hall–Kier alpha value is -3.20. The summed E-state index contributed by atoms with van der Waals surface area (Å²) in [6.07, 6.45) is 1.41. The van der Waals surface area contributed by atoms with E-state index < -0.39 is 21.9 Å². The Balaban J connectivity index is 1.77. The molecule has 9 heteroatoms. The van der Waals surface area contributed by atoms with Crippen molar-refractivity contribution >= 4 is 33.4 Å². The Labute approximate surface area is 162 Å². The fraction of sp³-hybridized carbons (Fsp3) is 0.211. The average molecular weight is 401 g/mol. The standard InChI is InChI=1S/C19H19N3O5S/c1-27-19(24)14-6-2-5-13(11-14)18(23)21-15-7-3-8-16(12-15)28(25,26)22-17-9-4-10-20-17/h2-3,5-8,11-12H,4,9-10H2,1H3,(H,20,22)(H,21,23). The largest absolute Gasteiger partial charge is 0.465 e. The third-order valence-electron chi connectivity index (χ3n) is 4.07. The smallest absolute Gasteiger partial charge is 0.337 e. The Morgan fingerprint density at radius 1 is 1.07 bits per heavy atom. The number of benzene rings is 2. The fourth-order valence-electron chi connectivity index (χ4n) is 2.69. The van der Waals surface area contributed by atoms with Gasteiger partial charge in [0.15, 0.2) is 0 Å². The van der Waals surface area contributed by atoms with Crippen LogP contribution in [0.4, 0.5) is 5.69 Å². The first kappa shape index (κ1) is 19.6. The van der Waals surface area contributed by atoms with Crippen molar-refractivity contribution in [3.8, 4) is 0 Å². The van der Waals surface area contributed by atoms with Gasteiger partial charge in [-0.3, -0.25) is 14.5 Å². The monoisotopic (exact) mass is 401 g/mol. The first-order valence-corrected chi connectivity index (χ1v) is 10.0. The number of ether oxygens (including phenoxy) is 1. The van der Waals surface area contributed by atoms with Gasteiger partial charge in [-0.25, -0.2) is 13.2 Å². The lowest BCUT2D eigenvalue weighted by Gasteiger charge is -2.10. The zero-order chi connectivity index (χ0) is 20.1. The Kier molecular flexibility index (Phi) is 5.74. The van der Waals surface area contributed by atoms with Gasteiger partial charge in [0.2, 0.25) is 0 Å². The van der Waals surface area contributed by atoms with E-state index in [9.17, 15) is 18.0 Å². The maximum absolute atomic E-state index is 12.5. The number of amides is 1. The van der Waals surface area contributed by atoms with Crippen LogP contribution in [-0.2, 0) is 14.8 Å². The van der Waals surface area contributed by atoms with Crippen molar-refractivity contribution in [2.75, 3.05) is 19.0 Å². The zero-order valence-corrected chi connectivity index (χ0v) is 16.0. The van der Waals surface area contributed by atoms with Crippen LogP contribution in [0.2, 0.25) is 0 Å². The van der Waals surface area contributed by atoms with Crippen molar-refractivity contribution in [2.24, 2.45) is 4.99 Å². The minimum Gasteiger partial charge on any atom is -0.465 e. The van der Waals surface area contributed by atoms with E-state index >= 15 is 0 Å². The third kappa shape index (κ3) is 4.55. The predicted octanol–water partition coefficient (Wildman–Crippen LogP) is 2.20. The second kappa shape index (κ2) is 8.22. The average Bonchev–Trinajstić information content (AvgIpc) is 3.20. The molecule has 1 aliphatic heterocycles. The number of aliphatic imine (C=N–C) groups is 1. The van der Waals surface area contributed by atoms with E-state index in [4.69, 9.17) is 0 Å². The van der Waals surface area contributed by atoms with Gasteiger partial charge in [-0.2, -0.15) is 0 Å². The molecular weight excluding hydrogens is 382 g/mol. The fourth-order valence-corrected chi connectivity index (χ4v) is 3.82. The molecule has 0 aliphatic carbocycles. The zero-order valence-electron chi connectivity index (χ0n) is 15.1. The number of rotatable bonds is 5. The third-order valence-corrected chi connectivity index (χ3v) is 5.45. The molecule has 0 saturated carbocycles. The van der Waals surface area contributed by atoms with Crippen molar-refractivity contribution in [1.82, 2.24) is 4.72 Å². The molecule has 2 N–H and O–H groups in total. The van der Waals surface area contributed by atoms with Gasteiger partial charge < -0.3 is 10.1 Å². The number of hydrogen-bond acceptors (Lipinski definition) is 6. The lowest BCUT2D eigenvalue weighted by Crippen LogP contribution is -2.29. The molecule has 8 nitrogen and oxygen atoms in total. The Bertz CT molecular complexity index is 1050. The molecule has 146 valence electrons. The summed E-state index contributed by atoms with van der Waals surface area (Å²) in [6, 6.07) is 12.0. The van der Waals surface area contributed by atoms with Crippen LogP contribution < -0.4 is 10.0 Å². The number of hydrogen-bond donors (Lipinski definition) is 2. The van der Waals surface area contributed by atoms with Crippen molar-refractivity contribution in [1.29, 1.82) is 0 Å². The van der Waals surface area contributed by atoms with Crippen LogP contribution in [0.1, 0.15) is 33.6 Å². The number of nitrogens with zero attached hydrogens (tertiary/aromatic N) is 1. The maximum Gasteiger partial charge on any atom is 0.337 e. The molecule has 28 heavy (non-hydrogen) atoms. The summed E-state index contributed by atoms with van der Waals surface area (Å²) in [4.78, 5) is 28.2. The minimum atomic E-state index is -3.78. The quantitative estimate of drug-likeness (QED) is 0.746. The van der Waals surface area contributed by atoms with E-state index in [0.717, 1.165) is 6.42 Å². The van der Waals surface area contributed by atoms with Gasteiger partial charge in [0.1, 0.15) is 5.84 Å². The highest BCUT2D eigenvalue weighted by Gasteiger charge is 2.19. The van der Waals surface area contributed by atoms with Crippen molar-refractivity contribution in [3.63, 3.8) is 0 Å². The van der Waals surface area contributed by atoms with E-state index in [-0.39, 0.29) is 16.0 Å². The predicted molar refractivity (Wildman–Crippen MR) is 104 cm³/mol. The molecule has 0 saturated heterocycles. The molecule has 0 unspecified atom stereocenters. The lowest BCUT2D eigenvalue weighted by molar-refractivity contribution is 0.0600. The van der Waals surface area contributed by atoms with E-state index in [1.54, 1.807) is 18.2 Å². The molecule has 1 heterocycles. The first-order chi connectivity index (χ1) is 13.4. The summed E-state index contributed by atoms with van der Waals surface area (Å²) in [5.41, 5.74) is 0.798. The number of carbonyl (C=O) groups excluding carboxylic acids is 2. The number of carbonyl (C=O) groups is 2. The second-order valence-electron chi connectivity index (χ2n) is 6.09. The van der Waals surface area contributed by atoms with Gasteiger partial charge in [-0.15, -0.1) is 0 Å². The summed E-state index contributed by atoms with van der Waals surface area (Å²) in [7, 11) is -2.53. The molecule has 1 amide bonds. The van der Waals surface area contributed by atoms with Crippen LogP contribution >= 0.6 is 0 Å². The van der Waals surface area contributed by atoms with Gasteiger partial charge in [0.05, 0.1) is 17.6 Å². The van der Waals surface area contributed by atoms with Gasteiger partial charge in [0, 0.05) is 24.2 Å². The number of anilines is 1. The SMILES string of the molecule is COC(=O)c1cccc(C(=O)Nc2cccc(S(=O)(=O)NC3=NCCC3)c2)c1. The van der Waals surface area contributed by atoms with Gasteiger partial charge >= 0.3 is 5.97 Å². The van der Waals surface area contributed by atoms with Crippen molar-refractivity contribution < 1.29 is 22.7 Å². The van der Waals surface area contributed by atoms with Crippen LogP contribution in [0.25, 0.3) is 0 Å². The molecule has 3 rings (SSSR count). The van der Waals surface area contributed by atoms with Crippen molar-refractivity contribution in [2.45, 2.75) is 17.7 Å². The lowest BCUT2D eigenvalue weighted by atomic mass is 10.1. The maximum atomic E-state index is 12.5. The van der Waals surface area contributed by atoms with Crippen LogP contribution in [0.15, 0.2) is 58.4 Å². The van der Waals surface area contributed by atoms with E-state index in [1.807, 2.05) is 0 Å². The highest BCUT2D eigenvalue weighted by Crippen LogP contribution is 2.18. The van der Waals surface area contributed by atoms with Crippen LogP contribution in [-0.4, -0.2) is 39.8 Å². The molecule has 0 bridgehead atoms. The summed E-state index contributed by atoms with van der Waals surface area (Å²) < 4.78 is 32.1. The van der Waals surface area contributed by atoms with E-state index in [2.05, 4.69) is 19.8 Å². The van der Waals surface area contributed by atoms with Crippen LogP contribution in [0.5, 0.6) is 0 Å². The molecule has 0 radical (unpaired) electrons. The molecule has 0 fully saturated rings. The normalized spacial score (nSPS) is 13.5. The van der Waals surface area contributed by atoms with E-state index in [0.29, 0.717) is 24.5 Å². The van der Waals surface area contributed by atoms with Gasteiger partial charge in [-0.05, 0) is 42.8 Å². The van der Waals surface area contributed by atoms with Crippen LogP contribution in [0.3, 0.4) is 0 Å². The first-order valence-electron chi connectivity index (χ1n) is 8.55. The van der Waals surface area contributed by atoms with Gasteiger partial charge in [-0.1, -0.05) is 12.1 Å². The summed E-state index contributed by atoms with van der Waals surface area (Å²) >= 11 is 0. The number of sulfonamides is 1. The molecule has 2 aromatic rings. The number of esters is 1. The van der Waals surface area contributed by atoms with Crippen molar-refractivity contribution in [3.05, 3.63) is 59.7 Å². The topological polar surface area (TPSA) is 114 Å². The highest BCUT2D eigenvalue weighted by atomic mass is 32.2. The Morgan fingerprint density at radius 3 is 2.54 bits per heavy atom. The van der Waals surface area contributed by atoms with E-state index in [1.165, 1.54) is 37.4 Å². The molecule has 2 aromatic carbocycles. The summed E-state index contributed by atoms with van der Waals surface area (Å²) in [6.45, 7) is 0.610. The molecule has 1 aliphatic rings. The number of amidine groups is 1. The number of nitrogens with one attached hydrogen (secondary N) is 2. The minimum absolute atomic E-state index is 0.0169. The molecule has 0 aromatic heterocycles. The molecule has 0 atom stereocenters. The molecule has 0 spiro atoms. The number of methoxy groups -OCH3 is 1. The van der Waals surface area contributed by atoms with Gasteiger partial charge in [0.25, 0.3) is 15.9 Å². The Morgan fingerprint density at radius 2 is 1.82 bits per heavy atom. The second-order valence-corrected chi connectivity index (χ2v) is 7.77. The highest BCUT2D eigenvalue weighted by molar-refractivity contribution is 7.90.